The van der Waals surface area contributed by atoms with Crippen molar-refractivity contribution in [1.29, 1.82) is 0 Å². The van der Waals surface area contributed by atoms with Gasteiger partial charge in [-0.25, -0.2) is 0 Å². The predicted molar refractivity (Wildman–Crippen MR) is 53.6 cm³/mol. The molecule has 2 aliphatic heterocycles. The molecule has 3 heteroatoms. The summed E-state index contributed by atoms with van der Waals surface area (Å²) in [4.78, 5) is 0. The molecule has 14 heavy (non-hydrogen) atoms. The lowest BCUT2D eigenvalue weighted by Gasteiger charge is -2.15. The van der Waals surface area contributed by atoms with Crippen LogP contribution in [0, 0.1) is 5.92 Å². The lowest BCUT2D eigenvalue weighted by molar-refractivity contribution is 0.412. The van der Waals surface area contributed by atoms with E-state index in [1.54, 1.807) is 6.20 Å². The van der Waals surface area contributed by atoms with Gasteiger partial charge in [0.15, 0.2) is 5.76 Å². The van der Waals surface area contributed by atoms with Crippen LogP contribution in [0.25, 0.3) is 6.08 Å². The Morgan fingerprint density at radius 2 is 2.50 bits per heavy atom. The quantitative estimate of drug-likeness (QED) is 0.773. The van der Waals surface area contributed by atoms with Gasteiger partial charge in [-0.1, -0.05) is 11.2 Å². The maximum Gasteiger partial charge on any atom is 0.159 e. The Hall–Kier alpha value is -1.09. The third kappa shape index (κ3) is 1.38. The second kappa shape index (κ2) is 3.24. The number of nitrogens with zero attached hydrogens (tertiary/aromatic N) is 1. The minimum Gasteiger partial charge on any atom is -0.357 e. The molecule has 2 fully saturated rings. The second-order valence-corrected chi connectivity index (χ2v) is 4.22. The highest BCUT2D eigenvalue weighted by atomic mass is 16.5. The van der Waals surface area contributed by atoms with Gasteiger partial charge in [-0.05, 0) is 31.3 Å². The standard InChI is InChI=1S/C11H14N2O/c1(3-10-5-6-12-14-10)8-7-9-2-4-11(8)13-9/h1,3,5-6,8-9,11,13H,2,4,7H2/b3-1+. The van der Waals surface area contributed by atoms with Crippen molar-refractivity contribution < 1.29 is 4.52 Å². The summed E-state index contributed by atoms with van der Waals surface area (Å²) in [5.74, 6) is 1.55. The zero-order valence-corrected chi connectivity index (χ0v) is 8.02. The van der Waals surface area contributed by atoms with Crippen LogP contribution in [0.3, 0.4) is 0 Å². The predicted octanol–water partition coefficient (Wildman–Crippen LogP) is 1.83. The number of nitrogens with one attached hydrogen (secondary N) is 1. The molecule has 1 aromatic heterocycles. The molecular formula is C11H14N2O. The molecular weight excluding hydrogens is 176 g/mol. The summed E-state index contributed by atoms with van der Waals surface area (Å²) >= 11 is 0. The molecule has 0 aliphatic carbocycles. The first-order valence-corrected chi connectivity index (χ1v) is 5.27. The molecule has 0 aromatic carbocycles. The summed E-state index contributed by atoms with van der Waals surface area (Å²) in [5, 5.41) is 7.28. The van der Waals surface area contributed by atoms with E-state index in [0.29, 0.717) is 12.0 Å². The number of hydrogen-bond donors (Lipinski definition) is 1. The van der Waals surface area contributed by atoms with Crippen LogP contribution in [-0.2, 0) is 0 Å². The van der Waals surface area contributed by atoms with Crippen LogP contribution in [0.15, 0.2) is 22.9 Å². The smallest absolute Gasteiger partial charge is 0.159 e. The molecule has 2 aliphatic rings. The molecule has 3 heterocycles. The highest BCUT2D eigenvalue weighted by Crippen LogP contribution is 2.34. The first-order chi connectivity index (χ1) is 6.92. The van der Waals surface area contributed by atoms with E-state index in [9.17, 15) is 0 Å². The minimum atomic E-state index is 0.693. The molecule has 74 valence electrons. The monoisotopic (exact) mass is 190 g/mol. The Labute approximate surface area is 83.2 Å². The second-order valence-electron chi connectivity index (χ2n) is 4.22. The van der Waals surface area contributed by atoms with E-state index < -0.39 is 0 Å². The minimum absolute atomic E-state index is 0.693. The fourth-order valence-corrected chi connectivity index (χ4v) is 2.61. The molecule has 3 rings (SSSR count). The lowest BCUT2D eigenvalue weighted by Crippen LogP contribution is -2.21. The van der Waals surface area contributed by atoms with E-state index in [0.717, 1.165) is 11.8 Å². The number of rotatable bonds is 2. The Balaban J connectivity index is 1.68. The Morgan fingerprint density at radius 3 is 3.14 bits per heavy atom. The lowest BCUT2D eigenvalue weighted by atomic mass is 9.89. The molecule has 3 nitrogen and oxygen atoms in total. The van der Waals surface area contributed by atoms with Gasteiger partial charge in [-0.2, -0.15) is 0 Å². The molecule has 3 unspecified atom stereocenters. The van der Waals surface area contributed by atoms with Crippen molar-refractivity contribution in [2.75, 3.05) is 0 Å². The molecule has 0 saturated carbocycles. The van der Waals surface area contributed by atoms with E-state index in [4.69, 9.17) is 4.52 Å². The molecule has 0 radical (unpaired) electrons. The fraction of sp³-hybridized carbons (Fsp3) is 0.545. The van der Waals surface area contributed by atoms with Crippen LogP contribution < -0.4 is 5.32 Å². The third-order valence-electron chi connectivity index (χ3n) is 3.31. The van der Waals surface area contributed by atoms with Crippen molar-refractivity contribution in [3.63, 3.8) is 0 Å². The number of hydrogen-bond acceptors (Lipinski definition) is 3. The van der Waals surface area contributed by atoms with Gasteiger partial charge in [0.25, 0.3) is 0 Å². The zero-order valence-electron chi connectivity index (χ0n) is 8.02. The van der Waals surface area contributed by atoms with Crippen molar-refractivity contribution in [3.8, 4) is 0 Å². The van der Waals surface area contributed by atoms with Crippen molar-refractivity contribution in [1.82, 2.24) is 10.5 Å². The summed E-state index contributed by atoms with van der Waals surface area (Å²) in [6.45, 7) is 0. The Kier molecular flexibility index (Phi) is 1.91. The van der Waals surface area contributed by atoms with Gasteiger partial charge >= 0.3 is 0 Å². The SMILES string of the molecule is C(=C\C1CC2CCC1N2)/c1ccno1. The third-order valence-corrected chi connectivity index (χ3v) is 3.31. The number of aromatic nitrogens is 1. The maximum absolute atomic E-state index is 5.02. The summed E-state index contributed by atoms with van der Waals surface area (Å²) < 4.78 is 5.02. The molecule has 1 N–H and O–H groups in total. The summed E-state index contributed by atoms with van der Waals surface area (Å²) in [5.41, 5.74) is 0. The Morgan fingerprint density at radius 1 is 1.50 bits per heavy atom. The molecule has 2 bridgehead atoms. The largest absolute Gasteiger partial charge is 0.357 e. The average molecular weight is 190 g/mol. The summed E-state index contributed by atoms with van der Waals surface area (Å²) in [6.07, 6.45) is 9.96. The van der Waals surface area contributed by atoms with Gasteiger partial charge in [0.2, 0.25) is 0 Å². The van der Waals surface area contributed by atoms with Crippen molar-refractivity contribution in [2.45, 2.75) is 31.3 Å². The van der Waals surface area contributed by atoms with E-state index in [-0.39, 0.29) is 0 Å². The van der Waals surface area contributed by atoms with E-state index >= 15 is 0 Å². The van der Waals surface area contributed by atoms with Crippen molar-refractivity contribution in [3.05, 3.63) is 24.1 Å². The van der Waals surface area contributed by atoms with Crippen molar-refractivity contribution >= 4 is 6.08 Å². The molecule has 2 saturated heterocycles. The maximum atomic E-state index is 5.02. The molecule has 1 aromatic rings. The average Bonchev–Trinajstić information content (AvgIpc) is 2.91. The van der Waals surface area contributed by atoms with Crippen LogP contribution >= 0.6 is 0 Å². The summed E-state index contributed by atoms with van der Waals surface area (Å²) in [6, 6.07) is 3.36. The highest BCUT2D eigenvalue weighted by molar-refractivity contribution is 5.42. The van der Waals surface area contributed by atoms with Gasteiger partial charge in [0.1, 0.15) is 0 Å². The van der Waals surface area contributed by atoms with Crippen LogP contribution in [0.5, 0.6) is 0 Å². The topological polar surface area (TPSA) is 38.1 Å². The Bertz CT molecular complexity index is 331. The van der Waals surface area contributed by atoms with Crippen LogP contribution in [-0.4, -0.2) is 17.2 Å². The van der Waals surface area contributed by atoms with E-state index in [1.807, 2.05) is 12.1 Å². The normalized spacial score (nSPS) is 35.9. The van der Waals surface area contributed by atoms with Gasteiger partial charge in [0.05, 0.1) is 6.20 Å². The van der Waals surface area contributed by atoms with Crippen LogP contribution in [0.2, 0.25) is 0 Å². The van der Waals surface area contributed by atoms with Gasteiger partial charge in [-0.15, -0.1) is 0 Å². The summed E-state index contributed by atoms with van der Waals surface area (Å²) in [7, 11) is 0. The van der Waals surface area contributed by atoms with E-state index in [2.05, 4.69) is 16.5 Å². The van der Waals surface area contributed by atoms with Crippen LogP contribution in [0.4, 0.5) is 0 Å². The number of fused-ring (bicyclic) bond motifs is 2. The van der Waals surface area contributed by atoms with Crippen molar-refractivity contribution in [2.24, 2.45) is 5.92 Å². The first kappa shape index (κ1) is 8.24. The van der Waals surface area contributed by atoms with Gasteiger partial charge in [-0.3, -0.25) is 0 Å². The van der Waals surface area contributed by atoms with Gasteiger partial charge < -0.3 is 9.84 Å². The molecule has 0 amide bonds. The fourth-order valence-electron chi connectivity index (χ4n) is 2.61. The van der Waals surface area contributed by atoms with Crippen LogP contribution in [0.1, 0.15) is 25.0 Å². The van der Waals surface area contributed by atoms with E-state index in [1.165, 1.54) is 19.3 Å². The van der Waals surface area contributed by atoms with Gasteiger partial charge in [0, 0.05) is 18.2 Å². The first-order valence-electron chi connectivity index (χ1n) is 5.27. The molecule has 3 atom stereocenters. The highest BCUT2D eigenvalue weighted by Gasteiger charge is 2.37. The molecule has 0 spiro atoms. The zero-order chi connectivity index (χ0) is 9.38.